The number of nitrogens with zero attached hydrogens (tertiary/aromatic N) is 1. The molecular formula is C19H26F3NO2. The van der Waals surface area contributed by atoms with Gasteiger partial charge in [0.15, 0.2) is 0 Å². The third-order valence-electron chi connectivity index (χ3n) is 5.59. The number of alkyl halides is 3. The van der Waals surface area contributed by atoms with Crippen molar-refractivity contribution < 1.29 is 23.0 Å². The third kappa shape index (κ3) is 4.74. The Morgan fingerprint density at radius 3 is 2.44 bits per heavy atom. The van der Waals surface area contributed by atoms with Crippen LogP contribution in [0.2, 0.25) is 0 Å². The molecule has 140 valence electrons. The van der Waals surface area contributed by atoms with E-state index in [4.69, 9.17) is 9.84 Å². The monoisotopic (exact) mass is 357 g/mol. The zero-order valence-corrected chi connectivity index (χ0v) is 14.4. The van der Waals surface area contributed by atoms with E-state index in [1.165, 1.54) is 0 Å². The fourth-order valence-electron chi connectivity index (χ4n) is 4.08. The molecule has 2 fully saturated rings. The van der Waals surface area contributed by atoms with Crippen molar-refractivity contribution in [2.75, 3.05) is 26.3 Å². The maximum atomic E-state index is 12.6. The minimum Gasteiger partial charge on any atom is -0.396 e. The van der Waals surface area contributed by atoms with Crippen molar-refractivity contribution in [3.63, 3.8) is 0 Å². The minimum atomic E-state index is -4.28. The van der Waals surface area contributed by atoms with E-state index in [9.17, 15) is 13.2 Å². The Labute approximate surface area is 146 Å². The van der Waals surface area contributed by atoms with Gasteiger partial charge < -0.3 is 9.84 Å². The first-order valence-corrected chi connectivity index (χ1v) is 9.03. The molecule has 0 saturated carbocycles. The highest BCUT2D eigenvalue weighted by molar-refractivity contribution is 5.24. The van der Waals surface area contributed by atoms with Crippen LogP contribution in [-0.4, -0.2) is 41.9 Å². The average Bonchev–Trinajstić information content (AvgIpc) is 2.58. The third-order valence-corrected chi connectivity index (χ3v) is 5.59. The maximum absolute atomic E-state index is 12.6. The van der Waals surface area contributed by atoms with Crippen LogP contribution >= 0.6 is 0 Å². The molecule has 25 heavy (non-hydrogen) atoms. The lowest BCUT2D eigenvalue weighted by Crippen LogP contribution is -2.49. The molecule has 0 radical (unpaired) electrons. The van der Waals surface area contributed by atoms with Crippen LogP contribution in [0.1, 0.15) is 43.2 Å². The summed E-state index contributed by atoms with van der Waals surface area (Å²) >= 11 is 0. The fourth-order valence-corrected chi connectivity index (χ4v) is 4.08. The summed E-state index contributed by atoms with van der Waals surface area (Å²) in [5.74, 6) is 0.542. The molecule has 2 aliphatic rings. The minimum absolute atomic E-state index is 0.0608. The Balaban J connectivity index is 1.52. The van der Waals surface area contributed by atoms with E-state index < -0.39 is 11.7 Å². The molecule has 1 unspecified atom stereocenters. The highest BCUT2D eigenvalue weighted by Gasteiger charge is 2.40. The molecule has 0 bridgehead atoms. The van der Waals surface area contributed by atoms with Gasteiger partial charge in [-0.15, -0.1) is 0 Å². The molecule has 6 heteroatoms. The van der Waals surface area contributed by atoms with Gasteiger partial charge in [0.25, 0.3) is 0 Å². The van der Waals surface area contributed by atoms with Crippen molar-refractivity contribution in [1.82, 2.24) is 4.90 Å². The Kier molecular flexibility index (Phi) is 5.71. The molecule has 1 atom stereocenters. The van der Waals surface area contributed by atoms with Gasteiger partial charge in [-0.1, -0.05) is 12.1 Å². The molecule has 0 amide bonds. The molecule has 1 N–H and O–H groups in total. The van der Waals surface area contributed by atoms with E-state index in [0.29, 0.717) is 12.5 Å². The number of likely N-dealkylation sites (tertiary alicyclic amines) is 1. The van der Waals surface area contributed by atoms with Crippen LogP contribution in [0.5, 0.6) is 0 Å². The van der Waals surface area contributed by atoms with Crippen LogP contribution in [0.15, 0.2) is 24.3 Å². The van der Waals surface area contributed by atoms with Crippen LogP contribution in [0.25, 0.3) is 0 Å². The SMILES string of the molecule is OCCC1CCOC2(CCN(Cc3ccc(C(F)(F)F)cc3)CC2)C1. The summed E-state index contributed by atoms with van der Waals surface area (Å²) in [4.78, 5) is 2.28. The van der Waals surface area contributed by atoms with Gasteiger partial charge in [-0.25, -0.2) is 0 Å². The highest BCUT2D eigenvalue weighted by atomic mass is 19.4. The molecule has 2 heterocycles. The highest BCUT2D eigenvalue weighted by Crippen LogP contribution is 2.39. The largest absolute Gasteiger partial charge is 0.416 e. The Morgan fingerprint density at radius 1 is 1.16 bits per heavy atom. The molecule has 3 nitrogen and oxygen atoms in total. The zero-order chi connectivity index (χ0) is 17.9. The molecule has 2 saturated heterocycles. The quantitative estimate of drug-likeness (QED) is 0.888. The molecule has 0 aliphatic carbocycles. The van der Waals surface area contributed by atoms with Gasteiger partial charge in [-0.05, 0) is 55.7 Å². The first kappa shape index (κ1) is 18.7. The zero-order valence-electron chi connectivity index (χ0n) is 14.4. The summed E-state index contributed by atoms with van der Waals surface area (Å²) in [7, 11) is 0. The number of ether oxygens (including phenoxy) is 1. The number of aliphatic hydroxyl groups excluding tert-OH is 1. The predicted molar refractivity (Wildman–Crippen MR) is 89.1 cm³/mol. The van der Waals surface area contributed by atoms with Crippen molar-refractivity contribution in [1.29, 1.82) is 0 Å². The lowest BCUT2D eigenvalue weighted by Gasteiger charge is -2.46. The second-order valence-corrected chi connectivity index (χ2v) is 7.37. The molecule has 2 aliphatic heterocycles. The number of aliphatic hydroxyl groups is 1. The van der Waals surface area contributed by atoms with Crippen molar-refractivity contribution in [3.05, 3.63) is 35.4 Å². The smallest absolute Gasteiger partial charge is 0.396 e. The normalized spacial score (nSPS) is 24.6. The van der Waals surface area contributed by atoms with Gasteiger partial charge in [0.05, 0.1) is 11.2 Å². The first-order valence-electron chi connectivity index (χ1n) is 9.03. The van der Waals surface area contributed by atoms with Gasteiger partial charge in [0.2, 0.25) is 0 Å². The number of piperidine rings is 1. The number of benzene rings is 1. The van der Waals surface area contributed by atoms with E-state index in [1.54, 1.807) is 12.1 Å². The Bertz CT molecular complexity index is 549. The standard InChI is InChI=1S/C19H26F3NO2/c20-19(21,22)17-3-1-16(2-4-17)14-23-9-7-18(8-10-23)13-15(5-11-24)6-12-25-18/h1-4,15,24H,5-14H2. The summed E-state index contributed by atoms with van der Waals surface area (Å²) in [6, 6.07) is 5.46. The topological polar surface area (TPSA) is 32.7 Å². The van der Waals surface area contributed by atoms with Crippen molar-refractivity contribution in [3.8, 4) is 0 Å². The van der Waals surface area contributed by atoms with E-state index >= 15 is 0 Å². The molecule has 1 aromatic carbocycles. The summed E-state index contributed by atoms with van der Waals surface area (Å²) in [6.45, 7) is 3.47. The van der Waals surface area contributed by atoms with Crippen molar-refractivity contribution >= 4 is 0 Å². The number of hydrogen-bond donors (Lipinski definition) is 1. The summed E-state index contributed by atoms with van der Waals surface area (Å²) < 4.78 is 44.0. The van der Waals surface area contributed by atoms with Crippen molar-refractivity contribution in [2.24, 2.45) is 5.92 Å². The fraction of sp³-hybridized carbons (Fsp3) is 0.684. The van der Waals surface area contributed by atoms with E-state index in [2.05, 4.69) is 4.90 Å². The van der Waals surface area contributed by atoms with Crippen molar-refractivity contribution in [2.45, 2.75) is 50.4 Å². The maximum Gasteiger partial charge on any atom is 0.416 e. The summed E-state index contributed by atoms with van der Waals surface area (Å²) in [5.41, 5.74) is 0.250. The molecule has 3 rings (SSSR count). The van der Waals surface area contributed by atoms with Crippen LogP contribution in [-0.2, 0) is 17.5 Å². The molecule has 1 aromatic rings. The molecule has 0 aromatic heterocycles. The first-order chi connectivity index (χ1) is 11.9. The Morgan fingerprint density at radius 2 is 1.84 bits per heavy atom. The van der Waals surface area contributed by atoms with Gasteiger partial charge >= 0.3 is 6.18 Å². The van der Waals surface area contributed by atoms with Crippen LogP contribution in [0.3, 0.4) is 0 Å². The Hall–Kier alpha value is -1.11. The van der Waals surface area contributed by atoms with Crippen LogP contribution in [0, 0.1) is 5.92 Å². The van der Waals surface area contributed by atoms with Crippen LogP contribution < -0.4 is 0 Å². The number of hydrogen-bond acceptors (Lipinski definition) is 3. The average molecular weight is 357 g/mol. The van der Waals surface area contributed by atoms with Gasteiger partial charge in [0.1, 0.15) is 0 Å². The van der Waals surface area contributed by atoms with Gasteiger partial charge in [0, 0.05) is 32.8 Å². The molecular weight excluding hydrogens is 331 g/mol. The molecule has 1 spiro atoms. The van der Waals surface area contributed by atoms with E-state index in [-0.39, 0.29) is 12.2 Å². The summed E-state index contributed by atoms with van der Waals surface area (Å²) in [6.07, 6.45) is 0.518. The second kappa shape index (κ2) is 7.64. The van der Waals surface area contributed by atoms with Gasteiger partial charge in [-0.2, -0.15) is 13.2 Å². The summed E-state index contributed by atoms with van der Waals surface area (Å²) in [5, 5.41) is 9.16. The lowest BCUT2D eigenvalue weighted by atomic mass is 9.78. The van der Waals surface area contributed by atoms with Gasteiger partial charge in [-0.3, -0.25) is 4.90 Å². The van der Waals surface area contributed by atoms with E-state index in [1.807, 2.05) is 0 Å². The van der Waals surface area contributed by atoms with E-state index in [0.717, 1.165) is 69.5 Å². The number of halogens is 3. The number of rotatable bonds is 4. The lowest BCUT2D eigenvalue weighted by molar-refractivity contribution is -0.137. The second-order valence-electron chi connectivity index (χ2n) is 7.37. The predicted octanol–water partition coefficient (Wildman–Crippen LogP) is 3.85. The van der Waals surface area contributed by atoms with Crippen LogP contribution in [0.4, 0.5) is 13.2 Å².